The van der Waals surface area contributed by atoms with Crippen LogP contribution in [0.3, 0.4) is 0 Å². The number of hydrogen-bond acceptors (Lipinski definition) is 1. The minimum absolute atomic E-state index is 1.07. The lowest BCUT2D eigenvalue weighted by molar-refractivity contribution is 1.18. The van der Waals surface area contributed by atoms with Crippen LogP contribution in [-0.4, -0.2) is 4.57 Å². The monoisotopic (exact) mass is 914 g/mol. The van der Waals surface area contributed by atoms with Crippen molar-refractivity contribution in [3.8, 4) is 61.3 Å². The van der Waals surface area contributed by atoms with E-state index in [1.54, 1.807) is 0 Å². The third-order valence-electron chi connectivity index (χ3n) is 14.6. The van der Waals surface area contributed by atoms with Crippen molar-refractivity contribution in [1.29, 1.82) is 0 Å². The number of benzene rings is 13. The molecule has 0 unspecified atom stereocenters. The van der Waals surface area contributed by atoms with Crippen LogP contribution in [0.25, 0.3) is 115 Å². The van der Waals surface area contributed by atoms with Crippen LogP contribution in [0.5, 0.6) is 0 Å². The predicted octanol–water partition coefficient (Wildman–Crippen LogP) is 19.5. The maximum atomic E-state index is 2.45. The van der Waals surface area contributed by atoms with E-state index in [1.165, 1.54) is 81.9 Å². The average molecular weight is 915 g/mol. The third kappa shape index (κ3) is 7.12. The lowest BCUT2D eigenvalue weighted by atomic mass is 9.91. The fourth-order valence-electron chi connectivity index (χ4n) is 11.3. The number of nitrogens with zero attached hydrogens (tertiary/aromatic N) is 2. The van der Waals surface area contributed by atoms with Gasteiger partial charge in [0.1, 0.15) is 0 Å². The molecule has 14 rings (SSSR count). The first-order chi connectivity index (χ1) is 35.7. The van der Waals surface area contributed by atoms with E-state index in [0.29, 0.717) is 0 Å². The zero-order valence-electron chi connectivity index (χ0n) is 39.5. The van der Waals surface area contributed by atoms with Crippen molar-refractivity contribution >= 4 is 71.2 Å². The van der Waals surface area contributed by atoms with Gasteiger partial charge in [-0.3, -0.25) is 0 Å². The normalized spacial score (nSPS) is 11.6. The van der Waals surface area contributed by atoms with Crippen LogP contribution in [0.4, 0.5) is 17.1 Å². The summed E-state index contributed by atoms with van der Waals surface area (Å²) < 4.78 is 2.45. The lowest BCUT2D eigenvalue weighted by Crippen LogP contribution is -2.11. The Kier molecular flexibility index (Phi) is 9.89. The number of aromatic nitrogens is 1. The van der Waals surface area contributed by atoms with E-state index >= 15 is 0 Å². The molecule has 0 atom stereocenters. The number of anilines is 3. The largest absolute Gasteiger partial charge is 0.310 e. The van der Waals surface area contributed by atoms with E-state index < -0.39 is 0 Å². The minimum atomic E-state index is 1.07. The van der Waals surface area contributed by atoms with Gasteiger partial charge in [-0.25, -0.2) is 0 Å². The Bertz CT molecular complexity index is 4020. The Morgan fingerprint density at radius 3 is 1.18 bits per heavy atom. The highest BCUT2D eigenvalue weighted by Gasteiger charge is 2.21. The van der Waals surface area contributed by atoms with Crippen LogP contribution in [0.2, 0.25) is 0 Å². The van der Waals surface area contributed by atoms with Crippen LogP contribution in [0.15, 0.2) is 279 Å². The molecule has 0 aliphatic carbocycles. The summed E-state index contributed by atoms with van der Waals surface area (Å²) in [7, 11) is 0. The van der Waals surface area contributed by atoms with Gasteiger partial charge in [-0.05, 0) is 167 Å². The summed E-state index contributed by atoms with van der Waals surface area (Å²) in [6.07, 6.45) is 0. The van der Waals surface area contributed by atoms with Gasteiger partial charge in [0.2, 0.25) is 0 Å². The molecule has 0 spiro atoms. The van der Waals surface area contributed by atoms with Gasteiger partial charge in [-0.2, -0.15) is 0 Å². The Hall–Kier alpha value is -9.50. The molecule has 72 heavy (non-hydrogen) atoms. The summed E-state index contributed by atoms with van der Waals surface area (Å²) in [6.45, 7) is 0. The molecule has 0 fully saturated rings. The van der Waals surface area contributed by atoms with Gasteiger partial charge >= 0.3 is 0 Å². The number of hydrogen-bond donors (Lipinski definition) is 0. The van der Waals surface area contributed by atoms with Crippen LogP contribution >= 0.6 is 0 Å². The first-order valence-corrected chi connectivity index (χ1v) is 24.8. The van der Waals surface area contributed by atoms with Crippen molar-refractivity contribution < 1.29 is 0 Å². The molecule has 14 aromatic rings. The smallest absolute Gasteiger partial charge is 0.0553 e. The highest BCUT2D eigenvalue weighted by Crippen LogP contribution is 2.46. The van der Waals surface area contributed by atoms with E-state index in [-0.39, 0.29) is 0 Å². The highest BCUT2D eigenvalue weighted by atomic mass is 15.1. The van der Waals surface area contributed by atoms with Gasteiger partial charge < -0.3 is 9.47 Å². The number of para-hydroxylation sites is 1. The fraction of sp³-hybridized carbons (Fsp3) is 0. The third-order valence-corrected chi connectivity index (χ3v) is 14.6. The minimum Gasteiger partial charge on any atom is -0.310 e. The van der Waals surface area contributed by atoms with Crippen molar-refractivity contribution in [1.82, 2.24) is 4.57 Å². The quantitative estimate of drug-likeness (QED) is 0.131. The molecule has 2 nitrogen and oxygen atoms in total. The van der Waals surface area contributed by atoms with Gasteiger partial charge in [-0.15, -0.1) is 0 Å². The molecular formula is C70H46N2. The van der Waals surface area contributed by atoms with Gasteiger partial charge in [0.15, 0.2) is 0 Å². The molecule has 2 heteroatoms. The Balaban J connectivity index is 0.974. The van der Waals surface area contributed by atoms with Gasteiger partial charge in [-0.1, -0.05) is 200 Å². The van der Waals surface area contributed by atoms with E-state index in [1.807, 2.05) is 0 Å². The lowest BCUT2D eigenvalue weighted by Gasteiger charge is -2.28. The molecule has 0 aliphatic heterocycles. The average Bonchev–Trinajstić information content (AvgIpc) is 3.79. The van der Waals surface area contributed by atoms with E-state index in [4.69, 9.17) is 0 Å². The molecule has 0 amide bonds. The second-order valence-corrected chi connectivity index (χ2v) is 18.9. The molecule has 13 aromatic carbocycles. The SMILES string of the molecule is c1ccc(-c2cc(-c3ccccc3)cc(N(c3ccc(-c4ccc5c(c4)c4c6ccc7cccc8ccc(cc4n5-c4ccccc4)c6c87)cc3)c3cc(-c4ccccc4)cc(-c4ccccc4)c3)c2)cc1. The Labute approximate surface area is 418 Å². The van der Waals surface area contributed by atoms with Crippen molar-refractivity contribution in [2.45, 2.75) is 0 Å². The molecule has 0 N–H and O–H groups in total. The van der Waals surface area contributed by atoms with Gasteiger partial charge in [0.25, 0.3) is 0 Å². The summed E-state index contributed by atoms with van der Waals surface area (Å²) in [5.74, 6) is 0. The molecule has 1 aromatic heterocycles. The molecule has 0 radical (unpaired) electrons. The number of fused-ring (bicyclic) bond motifs is 4. The second-order valence-electron chi connectivity index (χ2n) is 18.9. The van der Waals surface area contributed by atoms with Gasteiger partial charge in [0.05, 0.1) is 11.0 Å². The fourth-order valence-corrected chi connectivity index (χ4v) is 11.3. The van der Waals surface area contributed by atoms with Crippen LogP contribution in [-0.2, 0) is 0 Å². The standard InChI is InChI=1S/C70H46N2/c1-6-17-47(18-7-1)56-39-57(48-19-8-2-9-20-48)42-62(41-56)71(63-43-58(49-21-10-3-11-22-49)40-59(44-63)50-23-12-4-13-24-50)61-35-31-51(32-36-61)54-34-38-66-65(45-54)70-64-37-33-53-26-16-25-52-29-30-55(69(64)68(52)53)46-67(70)72(66)60-27-14-5-15-28-60/h1-46H. The first-order valence-electron chi connectivity index (χ1n) is 24.8. The summed E-state index contributed by atoms with van der Waals surface area (Å²) in [4.78, 5) is 2.44. The maximum Gasteiger partial charge on any atom is 0.0553 e. The van der Waals surface area contributed by atoms with Crippen LogP contribution < -0.4 is 4.90 Å². The first kappa shape index (κ1) is 41.5. The Morgan fingerprint density at radius 1 is 0.222 bits per heavy atom. The summed E-state index contributed by atoms with van der Waals surface area (Å²) in [5.41, 5.74) is 18.4. The van der Waals surface area contributed by atoms with Crippen molar-refractivity contribution in [2.24, 2.45) is 0 Å². The van der Waals surface area contributed by atoms with Crippen molar-refractivity contribution in [3.63, 3.8) is 0 Å². The molecule has 0 saturated heterocycles. The highest BCUT2D eigenvalue weighted by molar-refractivity contribution is 6.33. The summed E-state index contributed by atoms with van der Waals surface area (Å²) in [6, 6.07) is 102. The van der Waals surface area contributed by atoms with E-state index in [0.717, 1.165) is 50.6 Å². The molecule has 1 heterocycles. The van der Waals surface area contributed by atoms with Gasteiger partial charge in [0, 0.05) is 33.5 Å². The molecule has 0 bridgehead atoms. The van der Waals surface area contributed by atoms with E-state index in [9.17, 15) is 0 Å². The zero-order chi connectivity index (χ0) is 47.5. The molecule has 0 aliphatic rings. The molecule has 0 saturated carbocycles. The van der Waals surface area contributed by atoms with Crippen LogP contribution in [0, 0.1) is 0 Å². The topological polar surface area (TPSA) is 8.17 Å². The van der Waals surface area contributed by atoms with Crippen LogP contribution in [0.1, 0.15) is 0 Å². The Morgan fingerprint density at radius 2 is 0.667 bits per heavy atom. The number of rotatable bonds is 9. The molecule has 336 valence electrons. The summed E-state index contributed by atoms with van der Waals surface area (Å²) >= 11 is 0. The predicted molar refractivity (Wildman–Crippen MR) is 306 cm³/mol. The molecular weight excluding hydrogens is 869 g/mol. The van der Waals surface area contributed by atoms with E-state index in [2.05, 4.69) is 289 Å². The van der Waals surface area contributed by atoms with Crippen molar-refractivity contribution in [2.75, 3.05) is 4.90 Å². The maximum absolute atomic E-state index is 2.45. The summed E-state index contributed by atoms with van der Waals surface area (Å²) in [5, 5.41) is 10.3. The second kappa shape index (κ2) is 17.2. The van der Waals surface area contributed by atoms with Crippen molar-refractivity contribution in [3.05, 3.63) is 279 Å². The zero-order valence-corrected chi connectivity index (χ0v) is 39.5.